The van der Waals surface area contributed by atoms with Gasteiger partial charge in [0, 0.05) is 19.2 Å². The molecule has 2 rings (SSSR count). The SMILES string of the molecule is Cc1cccc(C)c1NC(=O)N(C)C1CC(C)(C)OC1=O. The van der Waals surface area contributed by atoms with Crippen molar-refractivity contribution in [3.63, 3.8) is 0 Å². The summed E-state index contributed by atoms with van der Waals surface area (Å²) in [4.78, 5) is 25.7. The number of anilines is 1. The van der Waals surface area contributed by atoms with Gasteiger partial charge >= 0.3 is 12.0 Å². The Morgan fingerprint density at radius 3 is 2.38 bits per heavy atom. The van der Waals surface area contributed by atoms with E-state index in [9.17, 15) is 9.59 Å². The number of amides is 2. The third-order valence-corrected chi connectivity index (χ3v) is 3.83. The van der Waals surface area contributed by atoms with E-state index < -0.39 is 11.6 Å². The Morgan fingerprint density at radius 1 is 1.33 bits per heavy atom. The number of cyclic esters (lactones) is 1. The molecule has 21 heavy (non-hydrogen) atoms. The van der Waals surface area contributed by atoms with Crippen molar-refractivity contribution in [3.8, 4) is 0 Å². The van der Waals surface area contributed by atoms with Gasteiger partial charge in [0.25, 0.3) is 0 Å². The number of esters is 1. The highest BCUT2D eigenvalue weighted by Gasteiger charge is 2.43. The first kappa shape index (κ1) is 15.4. The van der Waals surface area contributed by atoms with E-state index in [2.05, 4.69) is 5.32 Å². The molecule has 1 heterocycles. The standard InChI is InChI=1S/C16H22N2O3/c1-10-7-6-8-11(2)13(10)17-15(20)18(5)12-9-16(3,4)21-14(12)19/h6-8,12H,9H2,1-5H3,(H,17,20). The minimum Gasteiger partial charge on any atom is -0.458 e. The lowest BCUT2D eigenvalue weighted by Crippen LogP contribution is -2.42. The van der Waals surface area contributed by atoms with E-state index in [-0.39, 0.29) is 12.0 Å². The summed E-state index contributed by atoms with van der Waals surface area (Å²) < 4.78 is 5.27. The van der Waals surface area contributed by atoms with Crippen LogP contribution in [0.25, 0.3) is 0 Å². The van der Waals surface area contributed by atoms with Crippen LogP contribution in [0.3, 0.4) is 0 Å². The quantitative estimate of drug-likeness (QED) is 0.852. The number of nitrogens with one attached hydrogen (secondary N) is 1. The molecule has 1 atom stereocenters. The van der Waals surface area contributed by atoms with Crippen molar-refractivity contribution < 1.29 is 14.3 Å². The van der Waals surface area contributed by atoms with Crippen molar-refractivity contribution in [1.29, 1.82) is 0 Å². The van der Waals surface area contributed by atoms with Crippen LogP contribution in [0.1, 0.15) is 31.4 Å². The number of rotatable bonds is 2. The van der Waals surface area contributed by atoms with Crippen molar-refractivity contribution in [2.24, 2.45) is 0 Å². The predicted octanol–water partition coefficient (Wildman–Crippen LogP) is 2.86. The molecule has 1 aromatic rings. The van der Waals surface area contributed by atoms with Crippen LogP contribution in [-0.2, 0) is 9.53 Å². The summed E-state index contributed by atoms with van der Waals surface area (Å²) in [7, 11) is 1.62. The van der Waals surface area contributed by atoms with Crippen LogP contribution < -0.4 is 5.32 Å². The van der Waals surface area contributed by atoms with Crippen molar-refractivity contribution in [1.82, 2.24) is 4.90 Å². The topological polar surface area (TPSA) is 58.6 Å². The van der Waals surface area contributed by atoms with Gasteiger partial charge in [0.2, 0.25) is 0 Å². The second kappa shape index (κ2) is 5.39. The van der Waals surface area contributed by atoms with Gasteiger partial charge in [0.1, 0.15) is 11.6 Å². The van der Waals surface area contributed by atoms with Gasteiger partial charge in [-0.1, -0.05) is 18.2 Å². The lowest BCUT2D eigenvalue weighted by molar-refractivity contribution is -0.148. The van der Waals surface area contributed by atoms with E-state index in [4.69, 9.17) is 4.74 Å². The predicted molar refractivity (Wildman–Crippen MR) is 81.3 cm³/mol. The largest absolute Gasteiger partial charge is 0.458 e. The minimum atomic E-state index is -0.538. The van der Waals surface area contributed by atoms with Gasteiger partial charge in [-0.15, -0.1) is 0 Å². The van der Waals surface area contributed by atoms with Gasteiger partial charge in [-0.25, -0.2) is 9.59 Å². The second-order valence-electron chi connectivity index (χ2n) is 6.21. The highest BCUT2D eigenvalue weighted by Crippen LogP contribution is 2.29. The zero-order chi connectivity index (χ0) is 15.8. The normalized spacial score (nSPS) is 20.0. The fraction of sp³-hybridized carbons (Fsp3) is 0.500. The summed E-state index contributed by atoms with van der Waals surface area (Å²) in [5.41, 5.74) is 2.26. The summed E-state index contributed by atoms with van der Waals surface area (Å²) in [5, 5.41) is 2.88. The zero-order valence-corrected chi connectivity index (χ0v) is 13.2. The molecule has 0 aliphatic carbocycles. The van der Waals surface area contributed by atoms with E-state index in [0.29, 0.717) is 6.42 Å². The van der Waals surface area contributed by atoms with Crippen LogP contribution in [-0.4, -0.2) is 35.6 Å². The lowest BCUT2D eigenvalue weighted by atomic mass is 10.0. The summed E-state index contributed by atoms with van der Waals surface area (Å²) in [6.45, 7) is 7.58. The monoisotopic (exact) mass is 290 g/mol. The zero-order valence-electron chi connectivity index (χ0n) is 13.2. The molecule has 0 aromatic heterocycles. The molecule has 1 aliphatic heterocycles. The molecule has 0 saturated carbocycles. The molecule has 1 aliphatic rings. The van der Waals surface area contributed by atoms with Gasteiger partial charge < -0.3 is 15.0 Å². The molecule has 0 bridgehead atoms. The maximum absolute atomic E-state index is 12.4. The summed E-state index contributed by atoms with van der Waals surface area (Å²) in [6.07, 6.45) is 0.502. The number of carbonyl (C=O) groups is 2. The number of carbonyl (C=O) groups excluding carboxylic acids is 2. The van der Waals surface area contributed by atoms with Crippen molar-refractivity contribution in [3.05, 3.63) is 29.3 Å². The Balaban J connectivity index is 2.12. The first-order chi connectivity index (χ1) is 9.71. The minimum absolute atomic E-state index is 0.299. The Hall–Kier alpha value is -2.04. The second-order valence-corrected chi connectivity index (χ2v) is 6.21. The van der Waals surface area contributed by atoms with E-state index in [1.54, 1.807) is 7.05 Å². The van der Waals surface area contributed by atoms with Gasteiger partial charge in [0.05, 0.1) is 0 Å². The molecule has 5 nitrogen and oxygen atoms in total. The number of benzene rings is 1. The Kier molecular flexibility index (Phi) is 3.94. The summed E-state index contributed by atoms with van der Waals surface area (Å²) in [5.74, 6) is -0.348. The first-order valence-corrected chi connectivity index (χ1v) is 7.04. The number of aryl methyl sites for hydroxylation is 2. The number of urea groups is 1. The fourth-order valence-electron chi connectivity index (χ4n) is 2.57. The van der Waals surface area contributed by atoms with E-state index in [1.807, 2.05) is 45.9 Å². The third kappa shape index (κ3) is 3.17. The number of hydrogen-bond donors (Lipinski definition) is 1. The molecule has 1 unspecified atom stereocenters. The maximum Gasteiger partial charge on any atom is 0.329 e. The van der Waals surface area contributed by atoms with Crippen molar-refractivity contribution >= 4 is 17.7 Å². The Labute approximate surface area is 125 Å². The van der Waals surface area contributed by atoms with Crippen LogP contribution in [0.15, 0.2) is 18.2 Å². The number of hydrogen-bond acceptors (Lipinski definition) is 3. The van der Waals surface area contributed by atoms with Crippen molar-refractivity contribution in [2.75, 3.05) is 12.4 Å². The molecule has 5 heteroatoms. The first-order valence-electron chi connectivity index (χ1n) is 7.04. The van der Waals surface area contributed by atoms with Gasteiger partial charge in [-0.05, 0) is 38.8 Å². The number of ether oxygens (including phenoxy) is 1. The molecule has 114 valence electrons. The van der Waals surface area contributed by atoms with Crippen LogP contribution in [0.2, 0.25) is 0 Å². The summed E-state index contributed by atoms with van der Waals surface area (Å²) in [6, 6.07) is 4.99. The molecule has 1 fully saturated rings. The molecular formula is C16H22N2O3. The van der Waals surface area contributed by atoms with Crippen LogP contribution in [0, 0.1) is 13.8 Å². The summed E-state index contributed by atoms with van der Waals surface area (Å²) >= 11 is 0. The molecule has 0 radical (unpaired) electrons. The van der Waals surface area contributed by atoms with Crippen LogP contribution in [0.5, 0.6) is 0 Å². The van der Waals surface area contributed by atoms with Crippen LogP contribution >= 0.6 is 0 Å². The molecule has 2 amide bonds. The molecule has 1 aromatic carbocycles. The maximum atomic E-state index is 12.4. The fourth-order valence-corrected chi connectivity index (χ4v) is 2.57. The smallest absolute Gasteiger partial charge is 0.329 e. The number of nitrogens with zero attached hydrogens (tertiary/aromatic N) is 1. The average molecular weight is 290 g/mol. The van der Waals surface area contributed by atoms with Gasteiger partial charge in [0.15, 0.2) is 0 Å². The van der Waals surface area contributed by atoms with E-state index in [1.165, 1.54) is 4.90 Å². The Bertz CT molecular complexity index is 561. The van der Waals surface area contributed by atoms with Gasteiger partial charge in [-0.2, -0.15) is 0 Å². The molecule has 0 spiro atoms. The number of likely N-dealkylation sites (N-methyl/N-ethyl adjacent to an activating group) is 1. The van der Waals surface area contributed by atoms with Gasteiger partial charge in [-0.3, -0.25) is 0 Å². The molecule has 1 N–H and O–H groups in total. The molecular weight excluding hydrogens is 268 g/mol. The Morgan fingerprint density at radius 2 is 1.90 bits per heavy atom. The molecule has 1 saturated heterocycles. The number of para-hydroxylation sites is 1. The average Bonchev–Trinajstić information content (AvgIpc) is 2.66. The highest BCUT2D eigenvalue weighted by atomic mass is 16.6. The van der Waals surface area contributed by atoms with Crippen molar-refractivity contribution in [2.45, 2.75) is 45.8 Å². The van der Waals surface area contributed by atoms with E-state index in [0.717, 1.165) is 16.8 Å². The van der Waals surface area contributed by atoms with Crippen LogP contribution in [0.4, 0.5) is 10.5 Å². The highest BCUT2D eigenvalue weighted by molar-refractivity contribution is 5.94. The lowest BCUT2D eigenvalue weighted by Gasteiger charge is -2.23. The van der Waals surface area contributed by atoms with E-state index >= 15 is 0 Å². The third-order valence-electron chi connectivity index (χ3n) is 3.83.